The predicted octanol–water partition coefficient (Wildman–Crippen LogP) is -1.64. The molecule has 0 amide bonds. The highest BCUT2D eigenvalue weighted by molar-refractivity contribution is 4.67. The molecule has 0 aliphatic carbocycles. The van der Waals surface area contributed by atoms with Crippen molar-refractivity contribution in [1.29, 1.82) is 0 Å². The molecule has 0 rings (SSSR count). The summed E-state index contributed by atoms with van der Waals surface area (Å²) in [4.78, 5) is 0. The Kier molecular flexibility index (Phi) is 3.72. The normalized spacial score (nSPS) is 21.0. The first-order valence-corrected chi connectivity index (χ1v) is 2.91. The number of aliphatic hydroxyl groups is 2. The van der Waals surface area contributed by atoms with Crippen molar-refractivity contribution in [2.75, 3.05) is 0 Å². The maximum Gasteiger partial charge on any atom is 0.104 e. The Morgan fingerprint density at radius 3 is 1.89 bits per heavy atom. The molecule has 3 atom stereocenters. The number of rotatable bonds is 3. The van der Waals surface area contributed by atoms with Gasteiger partial charge in [-0.1, -0.05) is 0 Å². The Labute approximate surface area is 54.5 Å². The van der Waals surface area contributed by atoms with Crippen LogP contribution in [-0.4, -0.2) is 28.6 Å². The van der Waals surface area contributed by atoms with Gasteiger partial charge in [-0.05, 0) is 6.92 Å². The summed E-state index contributed by atoms with van der Waals surface area (Å²) in [6, 6.07) is -0.330. The molecule has 0 aromatic carbocycles. The SMILES string of the molecule is CC(N)C(O)CC(N)O. The van der Waals surface area contributed by atoms with E-state index in [9.17, 15) is 0 Å². The van der Waals surface area contributed by atoms with Crippen LogP contribution in [0.25, 0.3) is 0 Å². The van der Waals surface area contributed by atoms with Gasteiger partial charge in [-0.2, -0.15) is 0 Å². The highest BCUT2D eigenvalue weighted by Crippen LogP contribution is 1.96. The average Bonchev–Trinajstić information content (AvgIpc) is 1.63. The van der Waals surface area contributed by atoms with Gasteiger partial charge in [0.15, 0.2) is 0 Å². The number of aliphatic hydroxyl groups excluding tert-OH is 2. The van der Waals surface area contributed by atoms with Crippen LogP contribution in [0.1, 0.15) is 13.3 Å². The van der Waals surface area contributed by atoms with Crippen molar-refractivity contribution in [1.82, 2.24) is 0 Å². The Bertz CT molecular complexity index is 75.4. The van der Waals surface area contributed by atoms with Crippen molar-refractivity contribution in [2.45, 2.75) is 31.7 Å². The molecule has 4 heteroatoms. The lowest BCUT2D eigenvalue weighted by Gasteiger charge is -2.15. The van der Waals surface area contributed by atoms with Gasteiger partial charge in [0.2, 0.25) is 0 Å². The van der Waals surface area contributed by atoms with Gasteiger partial charge in [0, 0.05) is 12.5 Å². The molecule has 0 aromatic heterocycles. The molecule has 4 nitrogen and oxygen atoms in total. The largest absolute Gasteiger partial charge is 0.391 e. The molecular formula is C5H14N2O2. The minimum absolute atomic E-state index is 0.137. The molecule has 6 N–H and O–H groups in total. The summed E-state index contributed by atoms with van der Waals surface area (Å²) in [5, 5.41) is 17.5. The lowest BCUT2D eigenvalue weighted by atomic mass is 10.1. The smallest absolute Gasteiger partial charge is 0.104 e. The zero-order valence-electron chi connectivity index (χ0n) is 5.49. The summed E-state index contributed by atoms with van der Waals surface area (Å²) >= 11 is 0. The second-order valence-electron chi connectivity index (χ2n) is 2.23. The van der Waals surface area contributed by atoms with Crippen molar-refractivity contribution in [3.05, 3.63) is 0 Å². The van der Waals surface area contributed by atoms with E-state index in [0.29, 0.717) is 0 Å². The van der Waals surface area contributed by atoms with Crippen LogP contribution in [0, 0.1) is 0 Å². The number of hydrogen-bond donors (Lipinski definition) is 4. The highest BCUT2D eigenvalue weighted by atomic mass is 16.3. The highest BCUT2D eigenvalue weighted by Gasteiger charge is 2.11. The molecule has 56 valence electrons. The van der Waals surface area contributed by atoms with E-state index >= 15 is 0 Å². The zero-order chi connectivity index (χ0) is 7.44. The quantitative estimate of drug-likeness (QED) is 0.348. The first-order valence-electron chi connectivity index (χ1n) is 2.91. The van der Waals surface area contributed by atoms with Gasteiger partial charge in [0.25, 0.3) is 0 Å². The van der Waals surface area contributed by atoms with E-state index in [1.807, 2.05) is 0 Å². The van der Waals surface area contributed by atoms with Crippen LogP contribution in [0.5, 0.6) is 0 Å². The second-order valence-corrected chi connectivity index (χ2v) is 2.23. The van der Waals surface area contributed by atoms with Crippen LogP contribution in [0.2, 0.25) is 0 Å². The molecule has 0 fully saturated rings. The first kappa shape index (κ1) is 8.84. The molecule has 0 spiro atoms. The third kappa shape index (κ3) is 4.35. The Hall–Kier alpha value is -0.160. The van der Waals surface area contributed by atoms with Crippen molar-refractivity contribution in [2.24, 2.45) is 11.5 Å². The first-order chi connectivity index (χ1) is 4.04. The summed E-state index contributed by atoms with van der Waals surface area (Å²) in [6.07, 6.45) is -1.53. The summed E-state index contributed by atoms with van der Waals surface area (Å²) in [7, 11) is 0. The molecular weight excluding hydrogens is 120 g/mol. The van der Waals surface area contributed by atoms with E-state index in [1.54, 1.807) is 6.92 Å². The zero-order valence-corrected chi connectivity index (χ0v) is 5.49. The van der Waals surface area contributed by atoms with Crippen LogP contribution in [-0.2, 0) is 0 Å². The fraction of sp³-hybridized carbons (Fsp3) is 1.00. The second kappa shape index (κ2) is 3.79. The van der Waals surface area contributed by atoms with Crippen molar-refractivity contribution < 1.29 is 10.2 Å². The minimum Gasteiger partial charge on any atom is -0.391 e. The molecule has 9 heavy (non-hydrogen) atoms. The fourth-order valence-electron chi connectivity index (χ4n) is 0.462. The van der Waals surface area contributed by atoms with Gasteiger partial charge < -0.3 is 21.7 Å². The number of hydrogen-bond acceptors (Lipinski definition) is 4. The topological polar surface area (TPSA) is 92.5 Å². The standard InChI is InChI=1S/C5H14N2O2/c1-3(6)4(8)2-5(7)9/h3-5,8-9H,2,6-7H2,1H3. The van der Waals surface area contributed by atoms with Crippen molar-refractivity contribution in [3.8, 4) is 0 Å². The van der Waals surface area contributed by atoms with Crippen LogP contribution < -0.4 is 11.5 Å². The average molecular weight is 134 g/mol. The molecule has 0 aromatic rings. The molecule has 0 aliphatic rings. The molecule has 0 bridgehead atoms. The van der Waals surface area contributed by atoms with Gasteiger partial charge in [-0.3, -0.25) is 0 Å². The van der Waals surface area contributed by atoms with E-state index < -0.39 is 12.3 Å². The van der Waals surface area contributed by atoms with E-state index in [4.69, 9.17) is 21.7 Å². The van der Waals surface area contributed by atoms with Gasteiger partial charge in [-0.15, -0.1) is 0 Å². The van der Waals surface area contributed by atoms with E-state index in [0.717, 1.165) is 0 Å². The maximum atomic E-state index is 8.93. The van der Waals surface area contributed by atoms with E-state index in [2.05, 4.69) is 0 Å². The number of nitrogens with two attached hydrogens (primary N) is 2. The Morgan fingerprint density at radius 1 is 1.33 bits per heavy atom. The Balaban J connectivity index is 3.38. The van der Waals surface area contributed by atoms with E-state index in [1.165, 1.54) is 0 Å². The minimum atomic E-state index is -0.967. The molecule has 3 unspecified atom stereocenters. The van der Waals surface area contributed by atoms with Crippen molar-refractivity contribution in [3.63, 3.8) is 0 Å². The van der Waals surface area contributed by atoms with Gasteiger partial charge >= 0.3 is 0 Å². The summed E-state index contributed by atoms with van der Waals surface area (Å²) in [5.74, 6) is 0. The third-order valence-electron chi connectivity index (χ3n) is 1.09. The lowest BCUT2D eigenvalue weighted by molar-refractivity contribution is 0.0719. The molecule has 0 radical (unpaired) electrons. The summed E-state index contributed by atoms with van der Waals surface area (Å²) in [5.41, 5.74) is 10.2. The van der Waals surface area contributed by atoms with Crippen LogP contribution in [0.4, 0.5) is 0 Å². The van der Waals surface area contributed by atoms with Gasteiger partial charge in [0.1, 0.15) is 6.23 Å². The third-order valence-corrected chi connectivity index (χ3v) is 1.09. The van der Waals surface area contributed by atoms with Crippen LogP contribution in [0.15, 0.2) is 0 Å². The fourth-order valence-corrected chi connectivity index (χ4v) is 0.462. The molecule has 0 saturated heterocycles. The van der Waals surface area contributed by atoms with Crippen molar-refractivity contribution >= 4 is 0 Å². The molecule has 0 saturated carbocycles. The molecule has 0 aliphatic heterocycles. The van der Waals surface area contributed by atoms with Crippen LogP contribution in [0.3, 0.4) is 0 Å². The molecule has 0 heterocycles. The Morgan fingerprint density at radius 2 is 1.78 bits per heavy atom. The van der Waals surface area contributed by atoms with Gasteiger partial charge in [0.05, 0.1) is 6.10 Å². The monoisotopic (exact) mass is 134 g/mol. The lowest BCUT2D eigenvalue weighted by Crippen LogP contribution is -2.36. The predicted molar refractivity (Wildman–Crippen MR) is 34.5 cm³/mol. The van der Waals surface area contributed by atoms with E-state index in [-0.39, 0.29) is 12.5 Å². The van der Waals surface area contributed by atoms with Crippen LogP contribution >= 0.6 is 0 Å². The maximum absolute atomic E-state index is 8.93. The summed E-state index contributed by atoms with van der Waals surface area (Å²) < 4.78 is 0. The summed E-state index contributed by atoms with van der Waals surface area (Å²) in [6.45, 7) is 1.66. The van der Waals surface area contributed by atoms with Gasteiger partial charge in [-0.25, -0.2) is 0 Å².